The van der Waals surface area contributed by atoms with Gasteiger partial charge in [0.25, 0.3) is 0 Å². The number of benzene rings is 1. The topological polar surface area (TPSA) is 49.2 Å². The summed E-state index contributed by atoms with van der Waals surface area (Å²) in [6, 6.07) is 8.78. The first-order chi connectivity index (χ1) is 9.40. The molecule has 4 nitrogen and oxygen atoms in total. The smallest absolute Gasteiger partial charge is 0.140 e. The van der Waals surface area contributed by atoms with Crippen molar-refractivity contribution in [2.75, 3.05) is 18.1 Å². The average molecular weight is 257 g/mol. The molecule has 0 atom stereocenters. The van der Waals surface area contributed by atoms with E-state index in [0.29, 0.717) is 6.04 Å². The molecule has 0 spiro atoms. The van der Waals surface area contributed by atoms with Crippen LogP contribution in [0.3, 0.4) is 0 Å². The Morgan fingerprint density at radius 3 is 2.79 bits per heavy atom. The summed E-state index contributed by atoms with van der Waals surface area (Å²) in [7, 11) is 0. The van der Waals surface area contributed by atoms with Gasteiger partial charge in [-0.2, -0.15) is 0 Å². The molecule has 0 saturated heterocycles. The summed E-state index contributed by atoms with van der Waals surface area (Å²) >= 11 is 0. The zero-order chi connectivity index (χ0) is 13.1. The van der Waals surface area contributed by atoms with Crippen molar-refractivity contribution in [1.29, 1.82) is 0 Å². The highest BCUT2D eigenvalue weighted by Gasteiger charge is 2.30. The maximum Gasteiger partial charge on any atom is 0.140 e. The molecule has 0 unspecified atom stereocenters. The third kappa shape index (κ3) is 2.68. The van der Waals surface area contributed by atoms with Gasteiger partial charge in [-0.25, -0.2) is 9.97 Å². The highest BCUT2D eigenvalue weighted by molar-refractivity contribution is 5.89. The first kappa shape index (κ1) is 12.4. The van der Waals surface area contributed by atoms with Gasteiger partial charge in [-0.05, 0) is 37.8 Å². The number of hydrogen-bond donors (Lipinski definition) is 1. The Hall–Kier alpha value is -1.68. The van der Waals surface area contributed by atoms with E-state index in [1.807, 2.05) is 18.2 Å². The van der Waals surface area contributed by atoms with E-state index in [1.54, 1.807) is 6.33 Å². The Balaban J connectivity index is 1.91. The molecule has 0 radical (unpaired) electrons. The first-order valence-electron chi connectivity index (χ1n) is 6.97. The second kappa shape index (κ2) is 5.53. The summed E-state index contributed by atoms with van der Waals surface area (Å²) in [5.74, 6) is 1.05. The van der Waals surface area contributed by atoms with Crippen LogP contribution < -0.4 is 4.90 Å². The van der Waals surface area contributed by atoms with Crippen molar-refractivity contribution in [2.45, 2.75) is 31.7 Å². The number of unbranched alkanes of at least 4 members (excludes halogenated alkanes) is 1. The predicted molar refractivity (Wildman–Crippen MR) is 76.2 cm³/mol. The lowest BCUT2D eigenvalue weighted by molar-refractivity contribution is 0.285. The maximum absolute atomic E-state index is 8.93. The van der Waals surface area contributed by atoms with Gasteiger partial charge in [-0.3, -0.25) is 0 Å². The molecule has 0 aliphatic heterocycles. The highest BCUT2D eigenvalue weighted by atomic mass is 16.2. The van der Waals surface area contributed by atoms with Gasteiger partial charge < -0.3 is 10.0 Å². The fraction of sp³-hybridized carbons (Fsp3) is 0.467. The molecule has 0 bridgehead atoms. The van der Waals surface area contributed by atoms with Crippen molar-refractivity contribution in [3.05, 3.63) is 30.6 Å². The van der Waals surface area contributed by atoms with Crippen molar-refractivity contribution in [3.63, 3.8) is 0 Å². The number of rotatable bonds is 6. The molecule has 1 aliphatic rings. The fourth-order valence-electron chi connectivity index (χ4n) is 2.46. The van der Waals surface area contributed by atoms with Gasteiger partial charge in [0.1, 0.15) is 12.1 Å². The minimum Gasteiger partial charge on any atom is -0.396 e. The molecule has 1 aliphatic carbocycles. The van der Waals surface area contributed by atoms with Gasteiger partial charge in [-0.1, -0.05) is 12.1 Å². The van der Waals surface area contributed by atoms with Crippen molar-refractivity contribution < 1.29 is 5.11 Å². The third-order valence-corrected chi connectivity index (χ3v) is 3.59. The zero-order valence-corrected chi connectivity index (χ0v) is 11.0. The lowest BCUT2D eigenvalue weighted by Crippen LogP contribution is -2.28. The van der Waals surface area contributed by atoms with Gasteiger partial charge in [0.05, 0.1) is 5.52 Å². The maximum atomic E-state index is 8.93. The number of nitrogens with zero attached hydrogens (tertiary/aromatic N) is 3. The van der Waals surface area contributed by atoms with Crippen molar-refractivity contribution in [2.24, 2.45) is 0 Å². The standard InChI is InChI=1S/C15H19N3O/c19-10-4-3-9-18(12-7-8-12)15-13-5-1-2-6-14(13)16-11-17-15/h1-2,5-6,11-12,19H,3-4,7-10H2. The summed E-state index contributed by atoms with van der Waals surface area (Å²) in [6.07, 6.45) is 6.01. The van der Waals surface area contributed by atoms with Gasteiger partial charge in [-0.15, -0.1) is 0 Å². The van der Waals surface area contributed by atoms with Crippen molar-refractivity contribution in [1.82, 2.24) is 9.97 Å². The Morgan fingerprint density at radius 1 is 1.16 bits per heavy atom. The summed E-state index contributed by atoms with van der Waals surface area (Å²) < 4.78 is 0. The second-order valence-corrected chi connectivity index (χ2v) is 5.07. The molecule has 4 heteroatoms. The summed E-state index contributed by atoms with van der Waals surface area (Å²) in [5.41, 5.74) is 1.00. The van der Waals surface area contributed by atoms with Crippen LogP contribution in [0.1, 0.15) is 25.7 Å². The van der Waals surface area contributed by atoms with E-state index in [9.17, 15) is 0 Å². The molecule has 19 heavy (non-hydrogen) atoms. The monoisotopic (exact) mass is 257 g/mol. The second-order valence-electron chi connectivity index (χ2n) is 5.07. The number of aliphatic hydroxyl groups is 1. The summed E-state index contributed by atoms with van der Waals surface area (Å²) in [6.45, 7) is 1.23. The number of aliphatic hydroxyl groups excluding tert-OH is 1. The van der Waals surface area contributed by atoms with Gasteiger partial charge in [0.2, 0.25) is 0 Å². The number of hydrogen-bond acceptors (Lipinski definition) is 4. The quantitative estimate of drug-likeness (QED) is 0.807. The SMILES string of the molecule is OCCCCN(c1ncnc2ccccc12)C1CC1. The summed E-state index contributed by atoms with van der Waals surface area (Å²) in [5, 5.41) is 10.1. The van der Waals surface area contributed by atoms with Crippen LogP contribution >= 0.6 is 0 Å². The van der Waals surface area contributed by atoms with Crippen molar-refractivity contribution >= 4 is 16.7 Å². The molecule has 2 aromatic rings. The molecule has 3 rings (SSSR count). The molecule has 100 valence electrons. The normalized spacial score (nSPS) is 14.8. The van der Waals surface area contributed by atoms with Gasteiger partial charge >= 0.3 is 0 Å². The van der Waals surface area contributed by atoms with Crippen molar-refractivity contribution in [3.8, 4) is 0 Å². The molecular weight excluding hydrogens is 238 g/mol. The Labute approximate surface area is 113 Å². The lowest BCUT2D eigenvalue weighted by atomic mass is 10.2. The number of para-hydroxylation sites is 1. The van der Waals surface area contributed by atoms with Gasteiger partial charge in [0, 0.05) is 24.6 Å². The molecule has 1 heterocycles. The minimum atomic E-state index is 0.267. The number of anilines is 1. The molecule has 1 aromatic heterocycles. The highest BCUT2D eigenvalue weighted by Crippen LogP contribution is 2.33. The number of aromatic nitrogens is 2. The van der Waals surface area contributed by atoms with E-state index in [1.165, 1.54) is 12.8 Å². The molecule has 1 N–H and O–H groups in total. The fourth-order valence-corrected chi connectivity index (χ4v) is 2.46. The zero-order valence-electron chi connectivity index (χ0n) is 11.0. The van der Waals surface area contributed by atoms with E-state index >= 15 is 0 Å². The average Bonchev–Trinajstić information content (AvgIpc) is 3.28. The van der Waals surface area contributed by atoms with Crippen LogP contribution in [-0.2, 0) is 0 Å². The largest absolute Gasteiger partial charge is 0.396 e. The predicted octanol–water partition coefficient (Wildman–Crippen LogP) is 2.37. The minimum absolute atomic E-state index is 0.267. The van der Waals surface area contributed by atoms with Crippen LogP contribution in [0, 0.1) is 0 Å². The van der Waals surface area contributed by atoms with E-state index in [2.05, 4.69) is 20.9 Å². The van der Waals surface area contributed by atoms with Crippen LogP contribution in [0.5, 0.6) is 0 Å². The van der Waals surface area contributed by atoms with E-state index in [0.717, 1.165) is 36.1 Å². The Morgan fingerprint density at radius 2 is 2.00 bits per heavy atom. The lowest BCUT2D eigenvalue weighted by Gasteiger charge is -2.24. The van der Waals surface area contributed by atoms with Crippen LogP contribution in [0.15, 0.2) is 30.6 Å². The van der Waals surface area contributed by atoms with Crippen LogP contribution in [0.25, 0.3) is 10.9 Å². The van der Waals surface area contributed by atoms with E-state index in [4.69, 9.17) is 5.11 Å². The van der Waals surface area contributed by atoms with Crippen LogP contribution in [-0.4, -0.2) is 34.3 Å². The molecule has 1 aromatic carbocycles. The van der Waals surface area contributed by atoms with Crippen LogP contribution in [0.2, 0.25) is 0 Å². The molecular formula is C15H19N3O. The molecule has 0 amide bonds. The van der Waals surface area contributed by atoms with Gasteiger partial charge in [0.15, 0.2) is 0 Å². The Kier molecular flexibility index (Phi) is 3.60. The van der Waals surface area contributed by atoms with E-state index < -0.39 is 0 Å². The molecule has 1 saturated carbocycles. The van der Waals surface area contributed by atoms with Crippen LogP contribution in [0.4, 0.5) is 5.82 Å². The third-order valence-electron chi connectivity index (χ3n) is 3.59. The number of fused-ring (bicyclic) bond motifs is 1. The summed E-state index contributed by atoms with van der Waals surface area (Å²) in [4.78, 5) is 11.2. The van der Waals surface area contributed by atoms with E-state index in [-0.39, 0.29) is 6.61 Å². The first-order valence-corrected chi connectivity index (χ1v) is 6.97. The molecule has 1 fully saturated rings. The Bertz CT molecular complexity index is 549.